The Morgan fingerprint density at radius 1 is 1.37 bits per heavy atom. The van der Waals surface area contributed by atoms with E-state index in [-0.39, 0.29) is 0 Å². The van der Waals surface area contributed by atoms with Gasteiger partial charge in [0.1, 0.15) is 0 Å². The third-order valence-electron chi connectivity index (χ3n) is 2.97. The summed E-state index contributed by atoms with van der Waals surface area (Å²) in [5.41, 5.74) is -1.20. The summed E-state index contributed by atoms with van der Waals surface area (Å²) in [6.07, 6.45) is -4.28. The van der Waals surface area contributed by atoms with Crippen LogP contribution in [0.3, 0.4) is 0 Å². The van der Waals surface area contributed by atoms with Gasteiger partial charge >= 0.3 is 6.18 Å². The maximum atomic E-state index is 12.5. The Balaban J connectivity index is 1.80. The number of halogens is 3. The van der Waals surface area contributed by atoms with Crippen LogP contribution in [0.15, 0.2) is 29.2 Å². The second-order valence-electron chi connectivity index (χ2n) is 5.08. The number of alkyl halides is 3. The molecule has 0 saturated carbocycles. The molecule has 1 fully saturated rings. The Kier molecular flexibility index (Phi) is 4.13. The molecule has 0 unspecified atom stereocenters. The zero-order chi connectivity index (χ0) is 14.1. The smallest absolute Gasteiger partial charge is 0.388 e. The molecular weight excluding hydrogens is 275 g/mol. The number of β-amino-alcohol motifs (C(OH)–C–C–N with tert-alkyl or cyclic N) is 1. The van der Waals surface area contributed by atoms with E-state index in [9.17, 15) is 18.3 Å². The zero-order valence-corrected chi connectivity index (χ0v) is 11.4. The van der Waals surface area contributed by atoms with Gasteiger partial charge < -0.3 is 5.11 Å². The van der Waals surface area contributed by atoms with E-state index in [4.69, 9.17) is 0 Å². The molecule has 0 atom stereocenters. The number of aliphatic hydroxyl groups is 1. The number of benzene rings is 1. The SMILES string of the molecule is CC1(O)CN(CCSc2cccc(C(F)(F)F)c2)C1. The summed E-state index contributed by atoms with van der Waals surface area (Å²) in [6, 6.07) is 5.37. The van der Waals surface area contributed by atoms with Gasteiger partial charge in [0.25, 0.3) is 0 Å². The van der Waals surface area contributed by atoms with Gasteiger partial charge in [0, 0.05) is 30.3 Å². The first-order chi connectivity index (χ1) is 8.76. The lowest BCUT2D eigenvalue weighted by molar-refractivity contribution is -0.137. The number of hydrogen-bond donors (Lipinski definition) is 1. The van der Waals surface area contributed by atoms with Crippen molar-refractivity contribution in [1.82, 2.24) is 4.90 Å². The highest BCUT2D eigenvalue weighted by Gasteiger charge is 2.35. The first-order valence-corrected chi connectivity index (χ1v) is 7.00. The van der Waals surface area contributed by atoms with Crippen LogP contribution in [-0.4, -0.2) is 41.0 Å². The number of rotatable bonds is 4. The predicted octanol–water partition coefficient (Wildman–Crippen LogP) is 2.86. The van der Waals surface area contributed by atoms with Crippen molar-refractivity contribution in [1.29, 1.82) is 0 Å². The Hall–Kier alpha value is -0.720. The average Bonchev–Trinajstić information content (AvgIpc) is 2.26. The van der Waals surface area contributed by atoms with Gasteiger partial charge in [0.2, 0.25) is 0 Å². The molecule has 6 heteroatoms. The fourth-order valence-corrected chi connectivity index (χ4v) is 3.10. The van der Waals surface area contributed by atoms with E-state index in [1.807, 2.05) is 0 Å². The van der Waals surface area contributed by atoms with Gasteiger partial charge in [0.05, 0.1) is 11.2 Å². The normalized spacial score (nSPS) is 19.2. The fourth-order valence-electron chi connectivity index (χ4n) is 2.13. The van der Waals surface area contributed by atoms with E-state index < -0.39 is 17.3 Å². The molecule has 1 aliphatic heterocycles. The molecule has 0 aromatic heterocycles. The van der Waals surface area contributed by atoms with Crippen molar-refractivity contribution in [3.05, 3.63) is 29.8 Å². The summed E-state index contributed by atoms with van der Waals surface area (Å²) in [5.74, 6) is 0.720. The van der Waals surface area contributed by atoms with Crippen LogP contribution in [0.25, 0.3) is 0 Å². The van der Waals surface area contributed by atoms with Crippen molar-refractivity contribution in [2.75, 3.05) is 25.4 Å². The van der Waals surface area contributed by atoms with Crippen LogP contribution in [0.1, 0.15) is 12.5 Å². The van der Waals surface area contributed by atoms with E-state index in [0.29, 0.717) is 18.0 Å². The number of likely N-dealkylation sites (tertiary alicyclic amines) is 1. The minimum absolute atomic E-state index is 0.596. The Morgan fingerprint density at radius 3 is 2.63 bits per heavy atom. The van der Waals surface area contributed by atoms with Crippen molar-refractivity contribution in [2.45, 2.75) is 23.6 Å². The third kappa shape index (κ3) is 4.12. The largest absolute Gasteiger partial charge is 0.416 e. The lowest BCUT2D eigenvalue weighted by Crippen LogP contribution is -2.60. The van der Waals surface area contributed by atoms with Crippen molar-refractivity contribution < 1.29 is 18.3 Å². The maximum Gasteiger partial charge on any atom is 0.416 e. The van der Waals surface area contributed by atoms with E-state index in [2.05, 4.69) is 4.90 Å². The monoisotopic (exact) mass is 291 g/mol. The van der Waals surface area contributed by atoms with Gasteiger partial charge in [-0.3, -0.25) is 4.90 Å². The van der Waals surface area contributed by atoms with Crippen LogP contribution in [0, 0.1) is 0 Å². The first-order valence-electron chi connectivity index (χ1n) is 6.01. The molecule has 0 spiro atoms. The summed E-state index contributed by atoms with van der Waals surface area (Å²) in [7, 11) is 0. The third-order valence-corrected chi connectivity index (χ3v) is 3.94. The van der Waals surface area contributed by atoms with Crippen molar-refractivity contribution in [3.63, 3.8) is 0 Å². The van der Waals surface area contributed by atoms with Gasteiger partial charge in [-0.1, -0.05) is 6.07 Å². The summed E-state index contributed by atoms with van der Waals surface area (Å²) in [6.45, 7) is 3.83. The fraction of sp³-hybridized carbons (Fsp3) is 0.538. The molecule has 2 nitrogen and oxygen atoms in total. The van der Waals surface area contributed by atoms with Gasteiger partial charge in [0.15, 0.2) is 0 Å². The van der Waals surface area contributed by atoms with Gasteiger partial charge in [-0.15, -0.1) is 11.8 Å². The highest BCUT2D eigenvalue weighted by atomic mass is 32.2. The lowest BCUT2D eigenvalue weighted by atomic mass is 9.97. The van der Waals surface area contributed by atoms with Crippen molar-refractivity contribution >= 4 is 11.8 Å². The molecule has 0 bridgehead atoms. The molecule has 1 aromatic rings. The summed E-state index contributed by atoms with van der Waals surface area (Å²) in [4.78, 5) is 2.71. The highest BCUT2D eigenvalue weighted by Crippen LogP contribution is 2.32. The van der Waals surface area contributed by atoms with E-state index in [0.717, 1.165) is 18.4 Å². The van der Waals surface area contributed by atoms with E-state index in [1.54, 1.807) is 13.0 Å². The van der Waals surface area contributed by atoms with Gasteiger partial charge in [-0.2, -0.15) is 13.2 Å². The average molecular weight is 291 g/mol. The van der Waals surface area contributed by atoms with Crippen LogP contribution in [0.5, 0.6) is 0 Å². The predicted molar refractivity (Wildman–Crippen MR) is 69.2 cm³/mol. The number of thioether (sulfide) groups is 1. The minimum atomic E-state index is -4.28. The lowest BCUT2D eigenvalue weighted by Gasteiger charge is -2.44. The molecule has 0 radical (unpaired) electrons. The second kappa shape index (κ2) is 5.34. The van der Waals surface area contributed by atoms with Gasteiger partial charge in [-0.25, -0.2) is 0 Å². The standard InChI is InChI=1S/C13H16F3NOS/c1-12(18)8-17(9-12)5-6-19-11-4-2-3-10(7-11)13(14,15)16/h2-4,7,18H,5-6,8-9H2,1H3. The molecule has 0 amide bonds. The van der Waals surface area contributed by atoms with Gasteiger partial charge in [-0.05, 0) is 25.1 Å². The van der Waals surface area contributed by atoms with Crippen LogP contribution in [0.4, 0.5) is 13.2 Å². The Bertz CT molecular complexity index is 440. The molecule has 1 aliphatic rings. The first kappa shape index (κ1) is 14.7. The zero-order valence-electron chi connectivity index (χ0n) is 10.6. The van der Waals surface area contributed by atoms with Crippen LogP contribution >= 0.6 is 11.8 Å². The molecule has 106 valence electrons. The second-order valence-corrected chi connectivity index (χ2v) is 6.25. The van der Waals surface area contributed by atoms with E-state index >= 15 is 0 Å². The van der Waals surface area contributed by atoms with Crippen LogP contribution in [0.2, 0.25) is 0 Å². The molecule has 1 heterocycles. The molecule has 19 heavy (non-hydrogen) atoms. The molecule has 1 saturated heterocycles. The summed E-state index contributed by atoms with van der Waals surface area (Å²) >= 11 is 1.41. The van der Waals surface area contributed by atoms with Crippen LogP contribution in [-0.2, 0) is 6.18 Å². The molecule has 1 aromatic carbocycles. The number of hydrogen-bond acceptors (Lipinski definition) is 3. The van der Waals surface area contributed by atoms with Crippen LogP contribution < -0.4 is 0 Å². The topological polar surface area (TPSA) is 23.5 Å². The molecule has 0 aliphatic carbocycles. The molecule has 2 rings (SSSR count). The number of nitrogens with zero attached hydrogens (tertiary/aromatic N) is 1. The minimum Gasteiger partial charge on any atom is -0.388 e. The Morgan fingerprint density at radius 2 is 2.05 bits per heavy atom. The highest BCUT2D eigenvalue weighted by molar-refractivity contribution is 7.99. The van der Waals surface area contributed by atoms with Crippen molar-refractivity contribution in [2.24, 2.45) is 0 Å². The van der Waals surface area contributed by atoms with E-state index in [1.165, 1.54) is 23.9 Å². The quantitative estimate of drug-likeness (QED) is 0.863. The summed E-state index contributed by atoms with van der Waals surface area (Å²) in [5, 5.41) is 9.55. The van der Waals surface area contributed by atoms with Crippen molar-refractivity contribution in [3.8, 4) is 0 Å². The molecule has 1 N–H and O–H groups in total. The summed E-state index contributed by atoms with van der Waals surface area (Å²) < 4.78 is 37.6. The maximum absolute atomic E-state index is 12.5. The Labute approximate surface area is 114 Å². The molecular formula is C13H16F3NOS.